The van der Waals surface area contributed by atoms with Crippen LogP contribution < -0.4 is 0 Å². The molecule has 6 heterocycles. The molecule has 0 aliphatic carbocycles. The molecule has 0 radical (unpaired) electrons. The van der Waals surface area contributed by atoms with Crippen molar-refractivity contribution in [3.05, 3.63) is 231 Å². The van der Waals surface area contributed by atoms with Gasteiger partial charge in [-0.1, -0.05) is 170 Å². The fraction of sp³-hybridized carbons (Fsp3) is 0. The number of hydrogen-bond donors (Lipinski definition) is 0. The number of rotatable bonds is 4. The van der Waals surface area contributed by atoms with E-state index in [4.69, 9.17) is 0 Å². The number of nitrogens with zero attached hydrogens (tertiary/aromatic N) is 4. The van der Waals surface area contributed by atoms with E-state index >= 15 is 0 Å². The number of para-hydroxylation sites is 4. The molecular formula is C66H38N4. The molecule has 0 saturated carbocycles. The van der Waals surface area contributed by atoms with Gasteiger partial charge in [-0.05, 0) is 82.9 Å². The van der Waals surface area contributed by atoms with Gasteiger partial charge in [0, 0.05) is 76.0 Å². The third-order valence-corrected chi connectivity index (χ3v) is 15.8. The van der Waals surface area contributed by atoms with Crippen molar-refractivity contribution >= 4 is 120 Å². The second kappa shape index (κ2) is 13.2. The summed E-state index contributed by atoms with van der Waals surface area (Å²) in [5, 5.41) is 15.3. The first-order chi connectivity index (χ1) is 34.8. The highest BCUT2D eigenvalue weighted by Gasteiger charge is 2.27. The standard InChI is InChI=1S/C66H38N4/c1-3-15-39(16-4-1)41-19-11-21-43(35-41)67-55-29-9-7-23-45(55)49-31-33-57-61(65(49)67)51-27-13-25-47-53-38-60-54(37-59(53)69(57)63(47)51)48-26-14-28-52-62-58(70(60)64(48)52)34-32-50-46-24-8-10-30-56(46)68(66(50)62)44-22-12-20-42(36-44)40-17-5-2-6-18-40/h1-38H. The molecule has 4 heteroatoms. The molecule has 322 valence electrons. The maximum absolute atomic E-state index is 2.56. The zero-order valence-corrected chi connectivity index (χ0v) is 37.7. The van der Waals surface area contributed by atoms with Gasteiger partial charge in [0.1, 0.15) is 0 Å². The van der Waals surface area contributed by atoms with Crippen LogP contribution in [0.5, 0.6) is 0 Å². The maximum Gasteiger partial charge on any atom is 0.0641 e. The normalized spacial score (nSPS) is 12.6. The Morgan fingerprint density at radius 2 is 0.571 bits per heavy atom. The van der Waals surface area contributed by atoms with E-state index in [2.05, 4.69) is 248 Å². The van der Waals surface area contributed by atoms with Crippen molar-refractivity contribution in [3.63, 3.8) is 0 Å². The predicted molar refractivity (Wildman–Crippen MR) is 295 cm³/mol. The Hall–Kier alpha value is -9.38. The topological polar surface area (TPSA) is 18.7 Å². The minimum atomic E-state index is 1.16. The lowest BCUT2D eigenvalue weighted by Crippen LogP contribution is -1.95. The highest BCUT2D eigenvalue weighted by Crippen LogP contribution is 2.49. The van der Waals surface area contributed by atoms with E-state index in [0.29, 0.717) is 0 Å². The molecule has 0 amide bonds. The van der Waals surface area contributed by atoms with Crippen LogP contribution in [0.15, 0.2) is 231 Å². The van der Waals surface area contributed by atoms with Gasteiger partial charge < -0.3 is 17.9 Å². The van der Waals surface area contributed by atoms with Crippen molar-refractivity contribution in [2.45, 2.75) is 0 Å². The van der Waals surface area contributed by atoms with Crippen LogP contribution >= 0.6 is 0 Å². The first-order valence-corrected chi connectivity index (χ1v) is 24.3. The van der Waals surface area contributed by atoms with Gasteiger partial charge >= 0.3 is 0 Å². The molecule has 17 aromatic rings. The Kier molecular flexibility index (Phi) is 6.92. The fourth-order valence-corrected chi connectivity index (χ4v) is 13.0. The first-order valence-electron chi connectivity index (χ1n) is 24.3. The van der Waals surface area contributed by atoms with Crippen LogP contribution in [0.1, 0.15) is 0 Å². The van der Waals surface area contributed by atoms with Gasteiger partial charge in [-0.3, -0.25) is 0 Å². The van der Waals surface area contributed by atoms with Gasteiger partial charge in [0.15, 0.2) is 0 Å². The zero-order valence-electron chi connectivity index (χ0n) is 37.7. The summed E-state index contributed by atoms with van der Waals surface area (Å²) in [6.07, 6.45) is 0. The van der Waals surface area contributed by atoms with E-state index in [1.165, 1.54) is 142 Å². The van der Waals surface area contributed by atoms with Crippen LogP contribution in [0.2, 0.25) is 0 Å². The van der Waals surface area contributed by atoms with Crippen molar-refractivity contribution in [3.8, 4) is 33.6 Å². The van der Waals surface area contributed by atoms with E-state index in [-0.39, 0.29) is 0 Å². The molecule has 0 saturated heterocycles. The van der Waals surface area contributed by atoms with Gasteiger partial charge in [-0.15, -0.1) is 0 Å². The quantitative estimate of drug-likeness (QED) is 0.168. The maximum atomic E-state index is 2.56. The van der Waals surface area contributed by atoms with Crippen molar-refractivity contribution in [1.82, 2.24) is 17.9 Å². The molecule has 0 bridgehead atoms. The Balaban J connectivity index is 0.957. The highest BCUT2D eigenvalue weighted by atomic mass is 15.0. The molecule has 0 N–H and O–H groups in total. The van der Waals surface area contributed by atoms with Crippen LogP contribution in [0.3, 0.4) is 0 Å². The second-order valence-electron chi connectivity index (χ2n) is 19.2. The second-order valence-corrected chi connectivity index (χ2v) is 19.2. The van der Waals surface area contributed by atoms with E-state index in [0.717, 1.165) is 11.4 Å². The van der Waals surface area contributed by atoms with Crippen LogP contribution in [-0.2, 0) is 0 Å². The molecule has 0 unspecified atom stereocenters. The van der Waals surface area contributed by atoms with Gasteiger partial charge in [-0.2, -0.15) is 0 Å². The highest BCUT2D eigenvalue weighted by molar-refractivity contribution is 6.34. The van der Waals surface area contributed by atoms with Gasteiger partial charge in [0.2, 0.25) is 0 Å². The lowest BCUT2D eigenvalue weighted by molar-refractivity contribution is 1.19. The monoisotopic (exact) mass is 886 g/mol. The minimum absolute atomic E-state index is 1.16. The smallest absolute Gasteiger partial charge is 0.0641 e. The minimum Gasteiger partial charge on any atom is -0.309 e. The number of aromatic nitrogens is 4. The van der Waals surface area contributed by atoms with E-state index in [1.54, 1.807) is 0 Å². The molecule has 11 aromatic carbocycles. The summed E-state index contributed by atoms with van der Waals surface area (Å²) < 4.78 is 10.1. The average Bonchev–Trinajstić information content (AvgIpc) is 4.26. The number of fused-ring (bicyclic) bond motifs is 20. The Bertz CT molecular complexity index is 4720. The van der Waals surface area contributed by atoms with Crippen LogP contribution in [0.4, 0.5) is 0 Å². The first kappa shape index (κ1) is 36.7. The molecule has 0 atom stereocenters. The summed E-state index contributed by atoms with van der Waals surface area (Å²) in [7, 11) is 0. The summed E-state index contributed by atoms with van der Waals surface area (Å²) in [5.74, 6) is 0. The number of benzene rings is 11. The zero-order chi connectivity index (χ0) is 45.3. The predicted octanol–water partition coefficient (Wildman–Crippen LogP) is 17.5. The molecule has 0 aliphatic heterocycles. The van der Waals surface area contributed by atoms with Crippen molar-refractivity contribution in [2.24, 2.45) is 0 Å². The Labute approximate surface area is 400 Å². The van der Waals surface area contributed by atoms with Crippen molar-refractivity contribution in [1.29, 1.82) is 0 Å². The van der Waals surface area contributed by atoms with Gasteiger partial charge in [-0.25, -0.2) is 0 Å². The van der Waals surface area contributed by atoms with Crippen molar-refractivity contribution < 1.29 is 0 Å². The number of hydrogen-bond acceptors (Lipinski definition) is 0. The summed E-state index contributed by atoms with van der Waals surface area (Å²) in [6.45, 7) is 0. The molecular weight excluding hydrogens is 849 g/mol. The molecule has 0 aliphatic rings. The molecule has 6 aromatic heterocycles. The largest absolute Gasteiger partial charge is 0.309 e. The van der Waals surface area contributed by atoms with Gasteiger partial charge in [0.05, 0.1) is 55.2 Å². The van der Waals surface area contributed by atoms with Crippen LogP contribution in [0, 0.1) is 0 Å². The lowest BCUT2D eigenvalue weighted by atomic mass is 10.0. The van der Waals surface area contributed by atoms with Crippen LogP contribution in [-0.4, -0.2) is 17.9 Å². The molecule has 4 nitrogen and oxygen atoms in total. The molecule has 17 rings (SSSR count). The Morgan fingerprint density at radius 3 is 1.04 bits per heavy atom. The summed E-state index contributed by atoms with van der Waals surface area (Å²) in [5.41, 5.74) is 19.6. The lowest BCUT2D eigenvalue weighted by Gasteiger charge is -2.11. The van der Waals surface area contributed by atoms with Gasteiger partial charge in [0.25, 0.3) is 0 Å². The van der Waals surface area contributed by atoms with E-state index < -0.39 is 0 Å². The van der Waals surface area contributed by atoms with Crippen molar-refractivity contribution in [2.75, 3.05) is 0 Å². The summed E-state index contributed by atoms with van der Waals surface area (Å²) >= 11 is 0. The SMILES string of the molecule is c1ccc(-c2cccc(-n3c4ccccc4c4ccc5c(c6cccc7c8cc9c(cc8n5c76)c5cccc6c7c8c(ccc7n9c56)c5ccccc5n8-c5cccc(-c6ccccc6)c5)c43)c2)cc1. The average molecular weight is 887 g/mol. The Morgan fingerprint density at radius 1 is 0.200 bits per heavy atom. The summed E-state index contributed by atoms with van der Waals surface area (Å²) in [6, 6.07) is 85.7. The third kappa shape index (κ3) is 4.56. The summed E-state index contributed by atoms with van der Waals surface area (Å²) in [4.78, 5) is 0. The molecule has 70 heavy (non-hydrogen) atoms. The molecule has 0 fully saturated rings. The van der Waals surface area contributed by atoms with E-state index in [9.17, 15) is 0 Å². The van der Waals surface area contributed by atoms with E-state index in [1.807, 2.05) is 0 Å². The molecule has 0 spiro atoms. The van der Waals surface area contributed by atoms with Crippen LogP contribution in [0.25, 0.3) is 153 Å². The fourth-order valence-electron chi connectivity index (χ4n) is 13.0. The third-order valence-electron chi connectivity index (χ3n) is 15.8.